The van der Waals surface area contributed by atoms with Gasteiger partial charge in [-0.3, -0.25) is 4.90 Å². The van der Waals surface area contributed by atoms with Gasteiger partial charge in [-0.2, -0.15) is 5.26 Å². The molecular weight excluding hydrogens is 184 g/mol. The molecular formula is C13H22N2. The van der Waals surface area contributed by atoms with Gasteiger partial charge in [-0.15, -0.1) is 0 Å². The predicted molar refractivity (Wildman–Crippen MR) is 61.4 cm³/mol. The van der Waals surface area contributed by atoms with E-state index in [9.17, 15) is 5.26 Å². The van der Waals surface area contributed by atoms with Crippen molar-refractivity contribution >= 4 is 0 Å². The Labute approximate surface area is 93.3 Å². The third kappa shape index (κ3) is 2.72. The van der Waals surface area contributed by atoms with Gasteiger partial charge >= 0.3 is 0 Å². The Morgan fingerprint density at radius 2 is 1.53 bits per heavy atom. The Hall–Kier alpha value is -0.550. The van der Waals surface area contributed by atoms with Crippen molar-refractivity contribution < 1.29 is 0 Å². The van der Waals surface area contributed by atoms with Crippen LogP contribution in [0.25, 0.3) is 0 Å². The van der Waals surface area contributed by atoms with E-state index in [0.29, 0.717) is 0 Å². The molecule has 2 heteroatoms. The summed E-state index contributed by atoms with van der Waals surface area (Å²) in [7, 11) is 0. The Kier molecular flexibility index (Phi) is 4.02. The third-order valence-electron chi connectivity index (χ3n) is 3.99. The van der Waals surface area contributed by atoms with Crippen molar-refractivity contribution in [2.75, 3.05) is 6.54 Å². The van der Waals surface area contributed by atoms with Crippen molar-refractivity contribution in [2.45, 2.75) is 69.9 Å². The zero-order valence-corrected chi connectivity index (χ0v) is 9.62. The normalized spacial score (nSPS) is 30.7. The number of hydrogen-bond donors (Lipinski definition) is 0. The summed E-state index contributed by atoms with van der Waals surface area (Å²) in [6.07, 6.45) is 11.9. The van der Waals surface area contributed by atoms with Gasteiger partial charge < -0.3 is 0 Å². The fourth-order valence-electron chi connectivity index (χ4n) is 3.12. The van der Waals surface area contributed by atoms with Crippen LogP contribution in [0.15, 0.2) is 0 Å². The van der Waals surface area contributed by atoms with Crippen LogP contribution in [0.1, 0.15) is 57.8 Å². The van der Waals surface area contributed by atoms with Crippen LogP contribution in [0.3, 0.4) is 0 Å². The van der Waals surface area contributed by atoms with Crippen molar-refractivity contribution in [2.24, 2.45) is 0 Å². The summed E-state index contributed by atoms with van der Waals surface area (Å²) in [5.74, 6) is 0. The van der Waals surface area contributed by atoms with Crippen molar-refractivity contribution in [3.8, 4) is 6.07 Å². The van der Waals surface area contributed by atoms with E-state index in [-0.39, 0.29) is 6.04 Å². The fraction of sp³-hybridized carbons (Fsp3) is 0.923. The summed E-state index contributed by atoms with van der Waals surface area (Å²) < 4.78 is 0. The molecule has 1 aliphatic heterocycles. The Bertz CT molecular complexity index is 223. The summed E-state index contributed by atoms with van der Waals surface area (Å²) in [6, 6.07) is 3.44. The molecule has 1 atom stereocenters. The molecule has 0 radical (unpaired) electrons. The number of piperidine rings is 1. The lowest BCUT2D eigenvalue weighted by atomic mass is 9.97. The second-order valence-electron chi connectivity index (χ2n) is 5.02. The van der Waals surface area contributed by atoms with E-state index in [0.717, 1.165) is 12.5 Å². The van der Waals surface area contributed by atoms with E-state index in [2.05, 4.69) is 11.0 Å². The molecule has 15 heavy (non-hydrogen) atoms. The van der Waals surface area contributed by atoms with Gasteiger partial charge in [0.1, 0.15) is 0 Å². The van der Waals surface area contributed by atoms with Crippen molar-refractivity contribution in [1.29, 1.82) is 5.26 Å². The highest BCUT2D eigenvalue weighted by Gasteiger charge is 2.28. The molecule has 0 aromatic heterocycles. The molecule has 0 N–H and O–H groups in total. The van der Waals surface area contributed by atoms with Gasteiger partial charge in [-0.25, -0.2) is 0 Å². The average Bonchev–Trinajstić information content (AvgIpc) is 2.57. The largest absolute Gasteiger partial charge is 0.285 e. The maximum atomic E-state index is 9.17. The maximum absolute atomic E-state index is 9.17. The summed E-state index contributed by atoms with van der Waals surface area (Å²) in [4.78, 5) is 2.51. The molecule has 1 aliphatic carbocycles. The van der Waals surface area contributed by atoms with Gasteiger partial charge in [-0.05, 0) is 38.6 Å². The third-order valence-corrected chi connectivity index (χ3v) is 3.99. The van der Waals surface area contributed by atoms with Crippen molar-refractivity contribution in [1.82, 2.24) is 4.90 Å². The number of likely N-dealkylation sites (tertiary alicyclic amines) is 1. The van der Waals surface area contributed by atoms with Crippen LogP contribution in [0.2, 0.25) is 0 Å². The van der Waals surface area contributed by atoms with Gasteiger partial charge in [0.15, 0.2) is 0 Å². The van der Waals surface area contributed by atoms with Gasteiger partial charge in [0.2, 0.25) is 0 Å². The van der Waals surface area contributed by atoms with Crippen LogP contribution < -0.4 is 0 Å². The molecule has 2 fully saturated rings. The highest BCUT2D eigenvalue weighted by molar-refractivity contribution is 4.96. The first-order valence-electron chi connectivity index (χ1n) is 6.57. The zero-order chi connectivity index (χ0) is 10.5. The standard InChI is InChI=1S/C13H22N2/c14-11-13-9-5-6-10-15(13)12-7-3-1-2-4-8-12/h12-13H,1-10H2. The van der Waals surface area contributed by atoms with E-state index < -0.39 is 0 Å². The van der Waals surface area contributed by atoms with Crippen LogP contribution >= 0.6 is 0 Å². The van der Waals surface area contributed by atoms with Crippen molar-refractivity contribution in [3.63, 3.8) is 0 Å². The van der Waals surface area contributed by atoms with Crippen LogP contribution in [-0.4, -0.2) is 23.5 Å². The van der Waals surface area contributed by atoms with Crippen LogP contribution in [0.4, 0.5) is 0 Å². The molecule has 84 valence electrons. The molecule has 0 amide bonds. The van der Waals surface area contributed by atoms with E-state index in [1.165, 1.54) is 57.9 Å². The number of hydrogen-bond acceptors (Lipinski definition) is 2. The average molecular weight is 206 g/mol. The second kappa shape index (κ2) is 5.51. The molecule has 2 aliphatic rings. The quantitative estimate of drug-likeness (QED) is 0.616. The SMILES string of the molecule is N#CC1CCCCN1C1CCCCCC1. The number of rotatable bonds is 1. The van der Waals surface area contributed by atoms with Gasteiger partial charge in [0.05, 0.1) is 12.1 Å². The molecule has 0 bridgehead atoms. The maximum Gasteiger partial charge on any atom is 0.0980 e. The topological polar surface area (TPSA) is 27.0 Å². The monoisotopic (exact) mass is 206 g/mol. The van der Waals surface area contributed by atoms with E-state index in [1.807, 2.05) is 0 Å². The molecule has 1 saturated carbocycles. The van der Waals surface area contributed by atoms with Gasteiger partial charge in [0.25, 0.3) is 0 Å². The number of nitrogens with zero attached hydrogens (tertiary/aromatic N) is 2. The molecule has 0 aromatic carbocycles. The van der Waals surface area contributed by atoms with Crippen LogP contribution in [0, 0.1) is 11.3 Å². The van der Waals surface area contributed by atoms with E-state index in [4.69, 9.17) is 0 Å². The van der Waals surface area contributed by atoms with Crippen LogP contribution in [-0.2, 0) is 0 Å². The molecule has 0 spiro atoms. The lowest BCUT2D eigenvalue weighted by Crippen LogP contribution is -2.45. The first kappa shape index (κ1) is 11.0. The van der Waals surface area contributed by atoms with Gasteiger partial charge in [-0.1, -0.05) is 25.7 Å². The van der Waals surface area contributed by atoms with E-state index >= 15 is 0 Å². The highest BCUT2D eigenvalue weighted by atomic mass is 15.2. The lowest BCUT2D eigenvalue weighted by Gasteiger charge is -2.37. The smallest absolute Gasteiger partial charge is 0.0980 e. The number of nitriles is 1. The molecule has 1 heterocycles. The van der Waals surface area contributed by atoms with Crippen molar-refractivity contribution in [3.05, 3.63) is 0 Å². The van der Waals surface area contributed by atoms with Crippen LogP contribution in [0.5, 0.6) is 0 Å². The Morgan fingerprint density at radius 3 is 2.20 bits per heavy atom. The second-order valence-corrected chi connectivity index (χ2v) is 5.02. The van der Waals surface area contributed by atoms with E-state index in [1.54, 1.807) is 0 Å². The minimum Gasteiger partial charge on any atom is -0.285 e. The first-order valence-corrected chi connectivity index (χ1v) is 6.57. The molecule has 2 rings (SSSR count). The van der Waals surface area contributed by atoms with Gasteiger partial charge in [0, 0.05) is 6.04 Å². The molecule has 1 unspecified atom stereocenters. The predicted octanol–water partition coefficient (Wildman–Crippen LogP) is 3.09. The molecule has 2 nitrogen and oxygen atoms in total. The minimum atomic E-state index is 0.224. The fourth-order valence-corrected chi connectivity index (χ4v) is 3.12. The summed E-state index contributed by atoms with van der Waals surface area (Å²) >= 11 is 0. The highest BCUT2D eigenvalue weighted by Crippen LogP contribution is 2.27. The lowest BCUT2D eigenvalue weighted by molar-refractivity contribution is 0.114. The summed E-state index contributed by atoms with van der Waals surface area (Å²) in [5, 5.41) is 9.17. The molecule has 0 aromatic rings. The first-order chi connectivity index (χ1) is 7.42. The summed E-state index contributed by atoms with van der Waals surface area (Å²) in [5.41, 5.74) is 0. The summed E-state index contributed by atoms with van der Waals surface area (Å²) in [6.45, 7) is 1.17. The zero-order valence-electron chi connectivity index (χ0n) is 9.62. The Morgan fingerprint density at radius 1 is 0.867 bits per heavy atom. The Balaban J connectivity index is 1.96. The molecule has 1 saturated heterocycles. The minimum absolute atomic E-state index is 0.224.